The number of nitrogens with zero attached hydrogens (tertiary/aromatic N) is 2. The van der Waals surface area contributed by atoms with Gasteiger partial charge in [-0.15, -0.1) is 0 Å². The molecular weight excluding hydrogens is 350 g/mol. The van der Waals surface area contributed by atoms with Crippen molar-refractivity contribution in [1.29, 1.82) is 10.5 Å². The second-order valence-electron chi connectivity index (χ2n) is 4.56. The van der Waals surface area contributed by atoms with Crippen LogP contribution in [0.3, 0.4) is 0 Å². The molecule has 0 aromatic rings. The van der Waals surface area contributed by atoms with Crippen molar-refractivity contribution in [3.63, 3.8) is 0 Å². The molecule has 0 fully saturated rings. The summed E-state index contributed by atoms with van der Waals surface area (Å²) < 4.78 is 125. The van der Waals surface area contributed by atoms with Crippen LogP contribution in [0.5, 0.6) is 0 Å². The average molecular weight is 358 g/mol. The van der Waals surface area contributed by atoms with Gasteiger partial charge in [0.25, 0.3) is 6.43 Å². The lowest BCUT2D eigenvalue weighted by atomic mass is 9.77. The quantitative estimate of drug-likeness (QED) is 0.657. The number of hydrogen-bond donors (Lipinski definition) is 0. The van der Waals surface area contributed by atoms with Gasteiger partial charge in [-0.05, 0) is 6.42 Å². The predicted molar refractivity (Wildman–Crippen MR) is 54.3 cm³/mol. The molecule has 0 aliphatic heterocycles. The first-order valence-electron chi connectivity index (χ1n) is 5.74. The van der Waals surface area contributed by atoms with E-state index in [1.807, 2.05) is 0 Å². The third-order valence-corrected chi connectivity index (χ3v) is 2.94. The Hall–Kier alpha value is -1.72. The molecule has 0 bridgehead atoms. The van der Waals surface area contributed by atoms with Crippen LogP contribution in [0.4, 0.5) is 43.9 Å². The van der Waals surface area contributed by atoms with Crippen LogP contribution in [0.1, 0.15) is 12.8 Å². The zero-order valence-electron chi connectivity index (χ0n) is 10.9. The molecule has 0 amide bonds. The maximum atomic E-state index is 13.8. The lowest BCUT2D eigenvalue weighted by molar-refractivity contribution is -0.233. The first-order valence-corrected chi connectivity index (χ1v) is 5.74. The molecule has 12 heteroatoms. The summed E-state index contributed by atoms with van der Waals surface area (Å²) in [5.41, 5.74) is -3.48. The number of rotatable bonds is 6. The Kier molecular flexibility index (Phi) is 6.69. The second-order valence-corrected chi connectivity index (χ2v) is 4.56. The molecule has 0 spiro atoms. The fraction of sp³-hybridized carbons (Fsp3) is 0.818. The van der Waals surface area contributed by atoms with E-state index in [9.17, 15) is 43.9 Å². The lowest BCUT2D eigenvalue weighted by Gasteiger charge is -2.30. The zero-order valence-corrected chi connectivity index (χ0v) is 10.9. The Bertz CT molecular complexity index is 455. The largest absolute Gasteiger partial charge is 0.400 e. The molecule has 0 saturated carbocycles. The summed E-state index contributed by atoms with van der Waals surface area (Å²) in [6.45, 7) is 0. The van der Waals surface area contributed by atoms with E-state index in [1.165, 1.54) is 0 Å². The summed E-state index contributed by atoms with van der Waals surface area (Å²) in [6.07, 6.45) is -26.9. The molecule has 2 nitrogen and oxygen atoms in total. The van der Waals surface area contributed by atoms with Crippen molar-refractivity contribution in [2.24, 2.45) is 11.3 Å². The molecule has 0 N–H and O–H groups in total. The third kappa shape index (κ3) is 5.44. The zero-order chi connectivity index (χ0) is 18.6. The Balaban J connectivity index is 5.59. The van der Waals surface area contributed by atoms with E-state index >= 15 is 0 Å². The smallest absolute Gasteiger partial charge is 0.243 e. The van der Waals surface area contributed by atoms with Crippen LogP contribution in [0, 0.1) is 34.0 Å². The maximum Gasteiger partial charge on any atom is 0.400 e. The maximum absolute atomic E-state index is 13.8. The second kappa shape index (κ2) is 7.23. The van der Waals surface area contributed by atoms with Gasteiger partial charge < -0.3 is 0 Å². The van der Waals surface area contributed by atoms with Crippen molar-refractivity contribution in [2.45, 2.75) is 44.0 Å². The normalized spacial score (nSPS) is 17.3. The molecule has 0 aliphatic rings. The van der Waals surface area contributed by atoms with Gasteiger partial charge in [-0.2, -0.15) is 36.9 Å². The molecule has 0 aromatic heterocycles. The first-order chi connectivity index (χ1) is 10.2. The average Bonchev–Trinajstić information content (AvgIpc) is 2.36. The van der Waals surface area contributed by atoms with Crippen LogP contribution in [0.25, 0.3) is 0 Å². The number of hydrogen-bond acceptors (Lipinski definition) is 2. The van der Waals surface area contributed by atoms with Crippen LogP contribution in [0.2, 0.25) is 0 Å². The van der Waals surface area contributed by atoms with Gasteiger partial charge in [-0.1, -0.05) is 0 Å². The molecule has 0 saturated heterocycles. The van der Waals surface area contributed by atoms with Gasteiger partial charge in [-0.25, -0.2) is 17.6 Å². The van der Waals surface area contributed by atoms with Crippen molar-refractivity contribution in [3.8, 4) is 12.1 Å². The van der Waals surface area contributed by atoms with E-state index in [4.69, 9.17) is 10.5 Å². The van der Waals surface area contributed by atoms with Crippen LogP contribution in [-0.2, 0) is 0 Å². The summed E-state index contributed by atoms with van der Waals surface area (Å²) in [5, 5.41) is 17.2. The molecule has 0 radical (unpaired) electrons. The minimum Gasteiger partial charge on any atom is -0.243 e. The fourth-order valence-electron chi connectivity index (χ4n) is 1.65. The molecule has 0 rings (SSSR count). The predicted octanol–water partition coefficient (Wildman–Crippen LogP) is 4.48. The van der Waals surface area contributed by atoms with Crippen LogP contribution < -0.4 is 0 Å². The highest BCUT2D eigenvalue weighted by Gasteiger charge is 2.58. The Morgan fingerprint density at radius 2 is 1.22 bits per heavy atom. The van der Waals surface area contributed by atoms with Gasteiger partial charge in [0.2, 0.25) is 0 Å². The minimum atomic E-state index is -5.92. The van der Waals surface area contributed by atoms with Crippen molar-refractivity contribution >= 4 is 0 Å². The molecule has 23 heavy (non-hydrogen) atoms. The van der Waals surface area contributed by atoms with Crippen molar-refractivity contribution in [3.05, 3.63) is 0 Å². The SMILES string of the molecule is N#CC(C#N)(CCC(F)(F)F)C(F)C(F)C(C(F)F)C(F)(F)F. The number of alkyl halides is 10. The van der Waals surface area contributed by atoms with E-state index < -0.39 is 55.3 Å². The molecule has 0 heterocycles. The third-order valence-electron chi connectivity index (χ3n) is 2.94. The first kappa shape index (κ1) is 21.3. The molecule has 3 atom stereocenters. The Labute approximate surface area is 123 Å². The summed E-state index contributed by atoms with van der Waals surface area (Å²) >= 11 is 0. The van der Waals surface area contributed by atoms with E-state index in [0.717, 1.165) is 0 Å². The van der Waals surface area contributed by atoms with Gasteiger partial charge in [-0.3, -0.25) is 0 Å². The molecule has 132 valence electrons. The van der Waals surface area contributed by atoms with Crippen LogP contribution in [-0.4, -0.2) is 31.1 Å². The van der Waals surface area contributed by atoms with E-state index in [2.05, 4.69) is 0 Å². The van der Waals surface area contributed by atoms with Crippen LogP contribution >= 0.6 is 0 Å². The molecular formula is C11H8F10N2. The van der Waals surface area contributed by atoms with Crippen molar-refractivity contribution < 1.29 is 43.9 Å². The summed E-state index contributed by atoms with van der Waals surface area (Å²) in [4.78, 5) is 0. The van der Waals surface area contributed by atoms with Gasteiger partial charge >= 0.3 is 12.4 Å². The van der Waals surface area contributed by atoms with Gasteiger partial charge in [0, 0.05) is 6.42 Å². The summed E-state index contributed by atoms with van der Waals surface area (Å²) in [5.74, 6) is -4.18. The number of halogens is 10. The topological polar surface area (TPSA) is 47.6 Å². The lowest BCUT2D eigenvalue weighted by Crippen LogP contribution is -2.47. The summed E-state index contributed by atoms with van der Waals surface area (Å²) in [7, 11) is 0. The monoisotopic (exact) mass is 358 g/mol. The fourth-order valence-corrected chi connectivity index (χ4v) is 1.65. The highest BCUT2D eigenvalue weighted by Crippen LogP contribution is 2.43. The number of nitriles is 2. The van der Waals surface area contributed by atoms with Gasteiger partial charge in [0.1, 0.15) is 5.92 Å². The standard InChI is InChI=1S/C11H8F10N2/c12-6(5(8(14)15)11(19,20)21)7(13)9(3-22,4-23)1-2-10(16,17)18/h5-8H,1-2H2. The molecule has 0 aliphatic carbocycles. The van der Waals surface area contributed by atoms with E-state index in [1.54, 1.807) is 0 Å². The Morgan fingerprint density at radius 3 is 1.48 bits per heavy atom. The minimum absolute atomic E-state index is 0.675. The summed E-state index contributed by atoms with van der Waals surface area (Å²) in [6, 6.07) is 1.35. The molecule has 0 aromatic carbocycles. The van der Waals surface area contributed by atoms with Crippen LogP contribution in [0.15, 0.2) is 0 Å². The highest BCUT2D eigenvalue weighted by atomic mass is 19.4. The van der Waals surface area contributed by atoms with Gasteiger partial charge in [0.15, 0.2) is 17.8 Å². The Morgan fingerprint density at radius 1 is 0.783 bits per heavy atom. The molecule has 3 unspecified atom stereocenters. The highest BCUT2D eigenvalue weighted by molar-refractivity contribution is 5.19. The van der Waals surface area contributed by atoms with Crippen molar-refractivity contribution in [2.75, 3.05) is 0 Å². The van der Waals surface area contributed by atoms with Crippen molar-refractivity contribution in [1.82, 2.24) is 0 Å². The van der Waals surface area contributed by atoms with Gasteiger partial charge in [0.05, 0.1) is 12.1 Å². The van der Waals surface area contributed by atoms with E-state index in [-0.39, 0.29) is 0 Å². The van der Waals surface area contributed by atoms with E-state index in [0.29, 0.717) is 12.1 Å².